The van der Waals surface area contributed by atoms with Crippen molar-refractivity contribution in [2.75, 3.05) is 0 Å². The van der Waals surface area contributed by atoms with E-state index in [1.165, 1.54) is 0 Å². The summed E-state index contributed by atoms with van der Waals surface area (Å²) in [5.41, 5.74) is 6.31. The van der Waals surface area contributed by atoms with Crippen molar-refractivity contribution < 1.29 is 9.90 Å². The van der Waals surface area contributed by atoms with E-state index in [1.807, 2.05) is 18.2 Å². The molecule has 0 saturated heterocycles. The lowest BCUT2D eigenvalue weighted by Crippen LogP contribution is -2.32. The van der Waals surface area contributed by atoms with Gasteiger partial charge in [0.05, 0.1) is 0 Å². The summed E-state index contributed by atoms with van der Waals surface area (Å²) in [6.07, 6.45) is 0.327. The first kappa shape index (κ1) is 11.7. The van der Waals surface area contributed by atoms with Gasteiger partial charge in [0.15, 0.2) is 0 Å². The highest BCUT2D eigenvalue weighted by Crippen LogP contribution is 2.20. The van der Waals surface area contributed by atoms with Crippen LogP contribution < -0.4 is 5.73 Å². The minimum Gasteiger partial charge on any atom is -0.480 e. The largest absolute Gasteiger partial charge is 0.480 e. The highest BCUT2D eigenvalue weighted by atomic mass is 79.9. The number of rotatable bonds is 3. The second-order valence-corrected chi connectivity index (χ2v) is 4.76. The third kappa shape index (κ3) is 3.40. The predicted molar refractivity (Wildman–Crippen MR) is 61.2 cm³/mol. The molecule has 1 aromatic carbocycles. The second kappa shape index (κ2) is 4.91. The summed E-state index contributed by atoms with van der Waals surface area (Å²) in [6.45, 7) is 0. The summed E-state index contributed by atoms with van der Waals surface area (Å²) in [6, 6.07) is 4.74. The van der Waals surface area contributed by atoms with E-state index in [1.54, 1.807) is 0 Å². The Hall–Kier alpha value is -0.390. The molecule has 0 heterocycles. The Morgan fingerprint density at radius 1 is 1.36 bits per heavy atom. The fourth-order valence-corrected chi connectivity index (χ4v) is 2.46. The molecule has 0 aromatic heterocycles. The summed E-state index contributed by atoms with van der Waals surface area (Å²) >= 11 is 6.64. The van der Waals surface area contributed by atoms with Gasteiger partial charge in [0.2, 0.25) is 0 Å². The summed E-state index contributed by atoms with van der Waals surface area (Å²) in [5, 5.41) is 8.63. The number of carbonyl (C=O) groups is 1. The van der Waals surface area contributed by atoms with Gasteiger partial charge in [-0.05, 0) is 30.2 Å². The molecule has 3 N–H and O–H groups in total. The van der Waals surface area contributed by atoms with Crippen LogP contribution in [0.4, 0.5) is 0 Å². The second-order valence-electron chi connectivity index (χ2n) is 2.93. The third-order valence-electron chi connectivity index (χ3n) is 1.70. The summed E-state index contributed by atoms with van der Waals surface area (Å²) < 4.78 is 1.80. The van der Waals surface area contributed by atoms with Crippen molar-refractivity contribution in [3.8, 4) is 0 Å². The van der Waals surface area contributed by atoms with Gasteiger partial charge in [-0.1, -0.05) is 31.9 Å². The topological polar surface area (TPSA) is 63.3 Å². The maximum absolute atomic E-state index is 10.5. The summed E-state index contributed by atoms with van der Waals surface area (Å²) in [4.78, 5) is 10.5. The number of hydrogen-bond acceptors (Lipinski definition) is 2. The molecule has 1 atom stereocenters. The zero-order valence-electron chi connectivity index (χ0n) is 7.21. The Labute approximate surface area is 98.6 Å². The van der Waals surface area contributed by atoms with Gasteiger partial charge in [-0.15, -0.1) is 0 Å². The molecule has 0 saturated carbocycles. The zero-order valence-corrected chi connectivity index (χ0v) is 10.4. The summed E-state index contributed by atoms with van der Waals surface area (Å²) in [5.74, 6) is -0.985. The van der Waals surface area contributed by atoms with Crippen molar-refractivity contribution in [3.05, 3.63) is 32.7 Å². The molecule has 0 aliphatic rings. The zero-order chi connectivity index (χ0) is 10.7. The van der Waals surface area contributed by atoms with Crippen molar-refractivity contribution in [1.82, 2.24) is 0 Å². The number of hydrogen-bond donors (Lipinski definition) is 2. The quantitative estimate of drug-likeness (QED) is 0.896. The van der Waals surface area contributed by atoms with Crippen molar-refractivity contribution in [1.29, 1.82) is 0 Å². The number of benzene rings is 1. The molecule has 3 nitrogen and oxygen atoms in total. The highest BCUT2D eigenvalue weighted by Gasteiger charge is 2.12. The van der Waals surface area contributed by atoms with Gasteiger partial charge in [0.1, 0.15) is 6.04 Å². The monoisotopic (exact) mass is 321 g/mol. The van der Waals surface area contributed by atoms with E-state index >= 15 is 0 Å². The average molecular weight is 323 g/mol. The van der Waals surface area contributed by atoms with Gasteiger partial charge < -0.3 is 10.8 Å². The summed E-state index contributed by atoms with van der Waals surface area (Å²) in [7, 11) is 0. The molecule has 0 radical (unpaired) electrons. The van der Waals surface area contributed by atoms with Gasteiger partial charge in [-0.3, -0.25) is 4.79 Å². The maximum Gasteiger partial charge on any atom is 0.320 e. The van der Waals surface area contributed by atoms with Crippen LogP contribution in [0.2, 0.25) is 0 Å². The van der Waals surface area contributed by atoms with Gasteiger partial charge >= 0.3 is 5.97 Å². The van der Waals surface area contributed by atoms with Gasteiger partial charge in [0.25, 0.3) is 0 Å². The Bertz CT molecular complexity index is 334. The van der Waals surface area contributed by atoms with E-state index in [0.29, 0.717) is 6.42 Å². The Morgan fingerprint density at radius 2 is 1.86 bits per heavy atom. The van der Waals surface area contributed by atoms with E-state index in [9.17, 15) is 4.79 Å². The van der Waals surface area contributed by atoms with Crippen LogP contribution >= 0.6 is 31.9 Å². The minimum atomic E-state index is -0.985. The van der Waals surface area contributed by atoms with Crippen molar-refractivity contribution in [3.63, 3.8) is 0 Å². The van der Waals surface area contributed by atoms with Crippen molar-refractivity contribution in [2.24, 2.45) is 5.73 Å². The lowest BCUT2D eigenvalue weighted by atomic mass is 10.1. The minimum absolute atomic E-state index is 0.327. The van der Waals surface area contributed by atoms with Crippen LogP contribution in [0.15, 0.2) is 27.1 Å². The maximum atomic E-state index is 10.5. The molecule has 0 spiro atoms. The van der Waals surface area contributed by atoms with Crippen LogP contribution in [-0.4, -0.2) is 17.1 Å². The molecule has 1 aromatic rings. The van der Waals surface area contributed by atoms with Crippen LogP contribution in [-0.2, 0) is 11.2 Å². The standard InChI is InChI=1S/C9H9Br2NO2/c10-6-1-5(2-7(11)4-6)3-8(12)9(13)14/h1-2,4,8H,3,12H2,(H,13,14)/t8-/m1/s1. The number of halogens is 2. The van der Waals surface area contributed by atoms with E-state index in [0.717, 1.165) is 14.5 Å². The fourth-order valence-electron chi connectivity index (χ4n) is 1.07. The number of carboxylic acids is 1. The molecule has 0 aliphatic carbocycles. The van der Waals surface area contributed by atoms with Crippen LogP contribution in [0, 0.1) is 0 Å². The molecule has 0 bridgehead atoms. The van der Waals surface area contributed by atoms with Gasteiger partial charge in [-0.25, -0.2) is 0 Å². The lowest BCUT2D eigenvalue weighted by Gasteiger charge is -2.07. The van der Waals surface area contributed by atoms with Gasteiger partial charge in [-0.2, -0.15) is 0 Å². The highest BCUT2D eigenvalue weighted by molar-refractivity contribution is 9.11. The van der Waals surface area contributed by atoms with E-state index in [-0.39, 0.29) is 0 Å². The number of aliphatic carboxylic acids is 1. The van der Waals surface area contributed by atoms with Crippen LogP contribution in [0.5, 0.6) is 0 Å². The molecule has 0 unspecified atom stereocenters. The van der Waals surface area contributed by atoms with Crippen molar-refractivity contribution >= 4 is 37.8 Å². The van der Waals surface area contributed by atoms with Crippen LogP contribution in [0.25, 0.3) is 0 Å². The van der Waals surface area contributed by atoms with Gasteiger partial charge in [0, 0.05) is 8.95 Å². The average Bonchev–Trinajstić information content (AvgIpc) is 2.01. The first-order valence-electron chi connectivity index (χ1n) is 3.92. The smallest absolute Gasteiger partial charge is 0.320 e. The Morgan fingerprint density at radius 3 is 2.29 bits per heavy atom. The van der Waals surface area contributed by atoms with Crippen molar-refractivity contribution in [2.45, 2.75) is 12.5 Å². The SMILES string of the molecule is N[C@H](Cc1cc(Br)cc(Br)c1)C(=O)O. The van der Waals surface area contributed by atoms with E-state index in [2.05, 4.69) is 31.9 Å². The normalized spacial score (nSPS) is 12.5. The molecular weight excluding hydrogens is 314 g/mol. The lowest BCUT2D eigenvalue weighted by molar-refractivity contribution is -0.138. The molecule has 0 amide bonds. The molecule has 76 valence electrons. The Balaban J connectivity index is 2.81. The molecule has 0 aliphatic heterocycles. The molecule has 0 fully saturated rings. The number of carboxylic acid groups (broad SMARTS) is 1. The first-order valence-corrected chi connectivity index (χ1v) is 5.51. The number of nitrogens with two attached hydrogens (primary N) is 1. The molecular formula is C9H9Br2NO2. The fraction of sp³-hybridized carbons (Fsp3) is 0.222. The predicted octanol–water partition coefficient (Wildman–Crippen LogP) is 2.17. The van der Waals surface area contributed by atoms with E-state index < -0.39 is 12.0 Å². The molecule has 5 heteroatoms. The molecule has 14 heavy (non-hydrogen) atoms. The Kier molecular flexibility index (Phi) is 4.10. The third-order valence-corrected chi connectivity index (χ3v) is 2.61. The van der Waals surface area contributed by atoms with Crippen LogP contribution in [0.1, 0.15) is 5.56 Å². The van der Waals surface area contributed by atoms with Crippen LogP contribution in [0.3, 0.4) is 0 Å². The van der Waals surface area contributed by atoms with E-state index in [4.69, 9.17) is 10.8 Å². The molecule has 1 rings (SSSR count). The first-order chi connectivity index (χ1) is 6.49.